The Balaban J connectivity index is 2.27. The predicted octanol–water partition coefficient (Wildman–Crippen LogP) is 2.32. The second kappa shape index (κ2) is 3.78. The van der Waals surface area contributed by atoms with Gasteiger partial charge in [0.25, 0.3) is 0 Å². The summed E-state index contributed by atoms with van der Waals surface area (Å²) in [7, 11) is 1.67. The average Bonchev–Trinajstić information content (AvgIpc) is 2.27. The summed E-state index contributed by atoms with van der Waals surface area (Å²) in [5, 5.41) is 3.11. The van der Waals surface area contributed by atoms with Gasteiger partial charge in [-0.25, -0.2) is 0 Å². The van der Waals surface area contributed by atoms with Gasteiger partial charge in [0.05, 0.1) is 13.2 Å². The maximum atomic E-state index is 10.4. The Hall–Kier alpha value is -1.38. The minimum atomic E-state index is -0.0316. The minimum absolute atomic E-state index is 0.0316. The van der Waals surface area contributed by atoms with Crippen LogP contribution in [0.25, 0.3) is 0 Å². The molecule has 3 heteroatoms. The Morgan fingerprint density at radius 1 is 1.43 bits per heavy atom. The molecule has 0 amide bonds. The van der Waals surface area contributed by atoms with Crippen LogP contribution < -0.4 is 4.74 Å². The van der Waals surface area contributed by atoms with Crippen molar-refractivity contribution >= 4 is 0 Å². The molecule has 0 N–H and O–H groups in total. The van der Waals surface area contributed by atoms with Crippen LogP contribution in [0.1, 0.15) is 17.5 Å². The number of hydrogen-bond acceptors (Lipinski definition) is 3. The Bertz CT molecular complexity index is 349. The van der Waals surface area contributed by atoms with Gasteiger partial charge >= 0.3 is 0 Å². The zero-order chi connectivity index (χ0) is 9.97. The van der Waals surface area contributed by atoms with Gasteiger partial charge in [0.15, 0.2) is 0 Å². The molecule has 1 aromatic carbocycles. The van der Waals surface area contributed by atoms with Gasteiger partial charge in [-0.15, -0.1) is 0 Å². The van der Waals surface area contributed by atoms with Crippen LogP contribution in [0.5, 0.6) is 5.75 Å². The first-order valence-corrected chi connectivity index (χ1v) is 4.81. The highest BCUT2D eigenvalue weighted by atomic mass is 16.5. The number of nitrogens with zero attached hydrogens (tertiary/aromatic N) is 1. The van der Waals surface area contributed by atoms with E-state index in [1.807, 2.05) is 12.1 Å². The summed E-state index contributed by atoms with van der Waals surface area (Å²) in [6.07, 6.45) is 2.58. The molecule has 3 nitrogen and oxygen atoms in total. The Kier molecular flexibility index (Phi) is 2.48. The highest BCUT2D eigenvalue weighted by molar-refractivity contribution is 5.37. The molecule has 0 saturated heterocycles. The molecule has 1 unspecified atom stereocenters. The van der Waals surface area contributed by atoms with E-state index in [1.165, 1.54) is 11.1 Å². The zero-order valence-electron chi connectivity index (χ0n) is 8.19. The van der Waals surface area contributed by atoms with E-state index in [0.717, 1.165) is 25.0 Å². The second-order valence-electron chi connectivity index (χ2n) is 3.64. The number of nitroso groups, excluding NO2 is 1. The molecule has 0 radical (unpaired) electrons. The number of methoxy groups -OCH3 is 1. The van der Waals surface area contributed by atoms with Crippen LogP contribution in [0.3, 0.4) is 0 Å². The number of fused-ring (bicyclic) bond motifs is 1. The molecule has 74 valence electrons. The molecule has 14 heavy (non-hydrogen) atoms. The third-order valence-corrected chi connectivity index (χ3v) is 2.76. The van der Waals surface area contributed by atoms with Crippen molar-refractivity contribution in [3.8, 4) is 5.75 Å². The molecule has 2 rings (SSSR count). The lowest BCUT2D eigenvalue weighted by Gasteiger charge is -2.19. The highest BCUT2D eigenvalue weighted by Crippen LogP contribution is 2.26. The summed E-state index contributed by atoms with van der Waals surface area (Å²) in [5.41, 5.74) is 2.53. The first kappa shape index (κ1) is 9.19. The van der Waals surface area contributed by atoms with E-state index < -0.39 is 0 Å². The van der Waals surface area contributed by atoms with Gasteiger partial charge in [-0.3, -0.25) is 0 Å². The summed E-state index contributed by atoms with van der Waals surface area (Å²) >= 11 is 0. The third-order valence-electron chi connectivity index (χ3n) is 2.76. The lowest BCUT2D eigenvalue weighted by molar-refractivity contribution is 0.413. The maximum Gasteiger partial charge on any atom is 0.119 e. The standard InChI is InChI=1S/C11H13NO2/c1-14-11-5-3-8-6-10(12-13)4-2-9(8)7-11/h3,5,7,10H,2,4,6H2,1H3. The van der Waals surface area contributed by atoms with Crippen LogP contribution in [0.15, 0.2) is 23.4 Å². The lowest BCUT2D eigenvalue weighted by Crippen LogP contribution is -2.16. The molecule has 1 atom stereocenters. The zero-order valence-corrected chi connectivity index (χ0v) is 8.19. The van der Waals surface area contributed by atoms with E-state index in [2.05, 4.69) is 11.2 Å². The third kappa shape index (κ3) is 1.62. The fourth-order valence-corrected chi connectivity index (χ4v) is 1.93. The monoisotopic (exact) mass is 191 g/mol. The van der Waals surface area contributed by atoms with Crippen LogP contribution in [-0.2, 0) is 12.8 Å². The molecule has 0 saturated carbocycles. The summed E-state index contributed by atoms with van der Waals surface area (Å²) in [4.78, 5) is 10.4. The van der Waals surface area contributed by atoms with Crippen molar-refractivity contribution in [2.45, 2.75) is 25.3 Å². The van der Waals surface area contributed by atoms with Gasteiger partial charge in [0.2, 0.25) is 0 Å². The summed E-state index contributed by atoms with van der Waals surface area (Å²) in [5.74, 6) is 0.890. The fraction of sp³-hybridized carbons (Fsp3) is 0.455. The molecular weight excluding hydrogens is 178 g/mol. The largest absolute Gasteiger partial charge is 0.497 e. The van der Waals surface area contributed by atoms with Crippen molar-refractivity contribution in [1.29, 1.82) is 0 Å². The highest BCUT2D eigenvalue weighted by Gasteiger charge is 2.19. The van der Waals surface area contributed by atoms with Gasteiger partial charge in [-0.05, 0) is 42.5 Å². The van der Waals surface area contributed by atoms with Crippen molar-refractivity contribution in [2.75, 3.05) is 7.11 Å². The summed E-state index contributed by atoms with van der Waals surface area (Å²) in [6, 6.07) is 5.99. The topological polar surface area (TPSA) is 38.7 Å². The molecule has 0 fully saturated rings. The van der Waals surface area contributed by atoms with Crippen molar-refractivity contribution < 1.29 is 4.74 Å². The molecule has 0 heterocycles. The molecule has 1 aliphatic rings. The fourth-order valence-electron chi connectivity index (χ4n) is 1.93. The van der Waals surface area contributed by atoms with Crippen LogP contribution in [0.2, 0.25) is 0 Å². The van der Waals surface area contributed by atoms with Crippen molar-refractivity contribution in [3.63, 3.8) is 0 Å². The first-order chi connectivity index (χ1) is 6.83. The average molecular weight is 191 g/mol. The number of rotatable bonds is 2. The number of hydrogen-bond donors (Lipinski definition) is 0. The Labute approximate surface area is 83.1 Å². The van der Waals surface area contributed by atoms with Crippen molar-refractivity contribution in [2.24, 2.45) is 5.18 Å². The normalized spacial score (nSPS) is 19.9. The van der Waals surface area contributed by atoms with Gasteiger partial charge in [0.1, 0.15) is 5.75 Å². The smallest absolute Gasteiger partial charge is 0.119 e. The van der Waals surface area contributed by atoms with Crippen molar-refractivity contribution in [1.82, 2.24) is 0 Å². The number of aryl methyl sites for hydroxylation is 1. The van der Waals surface area contributed by atoms with E-state index in [1.54, 1.807) is 7.11 Å². The van der Waals surface area contributed by atoms with Gasteiger partial charge in [-0.1, -0.05) is 11.2 Å². The molecule has 0 aromatic heterocycles. The second-order valence-corrected chi connectivity index (χ2v) is 3.64. The minimum Gasteiger partial charge on any atom is -0.497 e. The number of ether oxygens (including phenoxy) is 1. The number of benzene rings is 1. The maximum absolute atomic E-state index is 10.4. The van der Waals surface area contributed by atoms with Crippen LogP contribution >= 0.6 is 0 Å². The van der Waals surface area contributed by atoms with E-state index in [4.69, 9.17) is 4.74 Å². The van der Waals surface area contributed by atoms with E-state index in [9.17, 15) is 4.91 Å². The molecule has 0 aliphatic heterocycles. The summed E-state index contributed by atoms with van der Waals surface area (Å²) in [6.45, 7) is 0. The quantitative estimate of drug-likeness (QED) is 0.673. The SMILES string of the molecule is COc1ccc2c(c1)CCC(N=O)C2. The van der Waals surface area contributed by atoms with E-state index in [-0.39, 0.29) is 6.04 Å². The van der Waals surface area contributed by atoms with Crippen LogP contribution in [-0.4, -0.2) is 13.2 Å². The predicted molar refractivity (Wildman–Crippen MR) is 54.6 cm³/mol. The molecule has 1 aromatic rings. The summed E-state index contributed by atoms with van der Waals surface area (Å²) < 4.78 is 5.15. The molecule has 0 bridgehead atoms. The lowest BCUT2D eigenvalue weighted by atomic mass is 9.88. The van der Waals surface area contributed by atoms with E-state index in [0.29, 0.717) is 0 Å². The molecule has 0 spiro atoms. The van der Waals surface area contributed by atoms with E-state index >= 15 is 0 Å². The van der Waals surface area contributed by atoms with Crippen LogP contribution in [0.4, 0.5) is 0 Å². The Morgan fingerprint density at radius 3 is 3.00 bits per heavy atom. The van der Waals surface area contributed by atoms with Crippen molar-refractivity contribution in [3.05, 3.63) is 34.2 Å². The molecular formula is C11H13NO2. The Morgan fingerprint density at radius 2 is 2.29 bits per heavy atom. The molecule has 1 aliphatic carbocycles. The first-order valence-electron chi connectivity index (χ1n) is 4.81. The van der Waals surface area contributed by atoms with Gasteiger partial charge < -0.3 is 4.74 Å². The van der Waals surface area contributed by atoms with Gasteiger partial charge in [-0.2, -0.15) is 4.91 Å². The van der Waals surface area contributed by atoms with Crippen LogP contribution in [0, 0.1) is 4.91 Å². The van der Waals surface area contributed by atoms with Gasteiger partial charge in [0, 0.05) is 0 Å².